The first kappa shape index (κ1) is 9.79. The number of hydrogen-bond acceptors (Lipinski definition) is 2. The number of rotatable bonds is 1. The zero-order chi connectivity index (χ0) is 10.3. The SMILES string of the molecule is CP(C)(=O)c1c(N)ccc2c1CCC2. The molecule has 0 spiro atoms. The number of hydrogen-bond donors (Lipinski definition) is 1. The Balaban J connectivity index is 2.70. The van der Waals surface area contributed by atoms with Gasteiger partial charge in [0, 0.05) is 11.0 Å². The quantitative estimate of drug-likeness (QED) is 0.568. The van der Waals surface area contributed by atoms with E-state index in [2.05, 4.69) is 6.07 Å². The van der Waals surface area contributed by atoms with E-state index in [9.17, 15) is 4.57 Å². The molecule has 3 heteroatoms. The van der Waals surface area contributed by atoms with Crippen LogP contribution in [0.1, 0.15) is 17.5 Å². The summed E-state index contributed by atoms with van der Waals surface area (Å²) in [5, 5.41) is 0.938. The first-order valence-corrected chi connectivity index (χ1v) is 7.56. The van der Waals surface area contributed by atoms with Crippen LogP contribution < -0.4 is 11.0 Å². The van der Waals surface area contributed by atoms with Crippen molar-refractivity contribution in [1.29, 1.82) is 0 Å². The predicted molar refractivity (Wildman–Crippen MR) is 62.0 cm³/mol. The highest BCUT2D eigenvalue weighted by atomic mass is 31.2. The molecule has 0 amide bonds. The Labute approximate surface area is 84.9 Å². The molecule has 2 rings (SSSR count). The summed E-state index contributed by atoms with van der Waals surface area (Å²) in [4.78, 5) is 0. The maximum absolute atomic E-state index is 12.1. The summed E-state index contributed by atoms with van der Waals surface area (Å²) in [5.74, 6) is 0. The van der Waals surface area contributed by atoms with E-state index in [0.29, 0.717) is 5.69 Å². The Kier molecular flexibility index (Phi) is 2.19. The van der Waals surface area contributed by atoms with Crippen LogP contribution in [0.25, 0.3) is 0 Å². The molecule has 0 radical (unpaired) electrons. The van der Waals surface area contributed by atoms with E-state index in [4.69, 9.17) is 5.73 Å². The molecule has 0 saturated heterocycles. The monoisotopic (exact) mass is 209 g/mol. The third kappa shape index (κ3) is 1.48. The minimum atomic E-state index is -2.22. The van der Waals surface area contributed by atoms with Crippen molar-refractivity contribution in [2.45, 2.75) is 19.3 Å². The fourth-order valence-electron chi connectivity index (χ4n) is 2.30. The Morgan fingerprint density at radius 1 is 1.29 bits per heavy atom. The van der Waals surface area contributed by atoms with Crippen LogP contribution in [0.5, 0.6) is 0 Å². The van der Waals surface area contributed by atoms with Gasteiger partial charge < -0.3 is 10.3 Å². The summed E-state index contributed by atoms with van der Waals surface area (Å²) >= 11 is 0. The molecule has 0 fully saturated rings. The van der Waals surface area contributed by atoms with Gasteiger partial charge >= 0.3 is 0 Å². The highest BCUT2D eigenvalue weighted by molar-refractivity contribution is 7.70. The van der Waals surface area contributed by atoms with Gasteiger partial charge in [0.1, 0.15) is 7.14 Å². The van der Waals surface area contributed by atoms with Gasteiger partial charge in [-0.25, -0.2) is 0 Å². The fourth-order valence-corrected chi connectivity index (χ4v) is 3.90. The zero-order valence-corrected chi connectivity index (χ0v) is 9.60. The van der Waals surface area contributed by atoms with Gasteiger partial charge in [-0.05, 0) is 49.8 Å². The molecule has 2 N–H and O–H groups in total. The van der Waals surface area contributed by atoms with Gasteiger partial charge in [-0.1, -0.05) is 6.07 Å². The number of anilines is 1. The van der Waals surface area contributed by atoms with Gasteiger partial charge in [0.2, 0.25) is 0 Å². The van der Waals surface area contributed by atoms with E-state index < -0.39 is 7.14 Å². The van der Waals surface area contributed by atoms with Crippen molar-refractivity contribution in [3.8, 4) is 0 Å². The summed E-state index contributed by atoms with van der Waals surface area (Å²) < 4.78 is 12.1. The predicted octanol–water partition coefficient (Wildman–Crippen LogP) is 2.01. The molecule has 0 saturated carbocycles. The number of nitrogens with two attached hydrogens (primary N) is 1. The third-order valence-corrected chi connectivity index (χ3v) is 4.43. The van der Waals surface area contributed by atoms with E-state index in [0.717, 1.165) is 18.1 Å². The lowest BCUT2D eigenvalue weighted by atomic mass is 10.1. The average molecular weight is 209 g/mol. The van der Waals surface area contributed by atoms with Gasteiger partial charge in [-0.3, -0.25) is 0 Å². The maximum Gasteiger partial charge on any atom is 0.112 e. The molecule has 0 unspecified atom stereocenters. The van der Waals surface area contributed by atoms with Gasteiger partial charge in [0.25, 0.3) is 0 Å². The molecule has 0 heterocycles. The van der Waals surface area contributed by atoms with Crippen molar-refractivity contribution < 1.29 is 4.57 Å². The Morgan fingerprint density at radius 2 is 2.00 bits per heavy atom. The summed E-state index contributed by atoms with van der Waals surface area (Å²) in [6, 6.07) is 3.98. The van der Waals surface area contributed by atoms with Gasteiger partial charge in [0.05, 0.1) is 0 Å². The van der Waals surface area contributed by atoms with Crippen LogP contribution >= 0.6 is 7.14 Å². The average Bonchev–Trinajstić information content (AvgIpc) is 2.48. The lowest BCUT2D eigenvalue weighted by Gasteiger charge is -2.15. The summed E-state index contributed by atoms with van der Waals surface area (Å²) in [7, 11) is -2.22. The van der Waals surface area contributed by atoms with Crippen LogP contribution in [0.3, 0.4) is 0 Å². The second-order valence-corrected chi connectivity index (χ2v) is 7.49. The normalized spacial score (nSPS) is 15.6. The van der Waals surface area contributed by atoms with E-state index in [1.807, 2.05) is 6.07 Å². The second kappa shape index (κ2) is 3.13. The van der Waals surface area contributed by atoms with E-state index in [1.165, 1.54) is 17.5 Å². The lowest BCUT2D eigenvalue weighted by Crippen LogP contribution is -2.15. The zero-order valence-electron chi connectivity index (χ0n) is 8.71. The van der Waals surface area contributed by atoms with E-state index >= 15 is 0 Å². The van der Waals surface area contributed by atoms with Gasteiger partial charge in [-0.2, -0.15) is 0 Å². The third-order valence-electron chi connectivity index (χ3n) is 2.82. The van der Waals surface area contributed by atoms with Crippen molar-refractivity contribution in [3.63, 3.8) is 0 Å². The lowest BCUT2D eigenvalue weighted by molar-refractivity contribution is 0.588. The van der Waals surface area contributed by atoms with E-state index in [-0.39, 0.29) is 0 Å². The first-order valence-electron chi connectivity index (χ1n) is 4.96. The molecule has 2 nitrogen and oxygen atoms in total. The molecule has 14 heavy (non-hydrogen) atoms. The second-order valence-electron chi connectivity index (χ2n) is 4.35. The molecule has 76 valence electrons. The van der Waals surface area contributed by atoms with Crippen molar-refractivity contribution in [1.82, 2.24) is 0 Å². The number of nitrogen functional groups attached to an aromatic ring is 1. The van der Waals surface area contributed by atoms with Crippen LogP contribution in [0.2, 0.25) is 0 Å². The van der Waals surface area contributed by atoms with Crippen LogP contribution in [0, 0.1) is 0 Å². The summed E-state index contributed by atoms with van der Waals surface area (Å²) in [6.45, 7) is 3.61. The highest BCUT2D eigenvalue weighted by Gasteiger charge is 2.24. The number of aryl methyl sites for hydroxylation is 1. The summed E-state index contributed by atoms with van der Waals surface area (Å²) in [6.07, 6.45) is 3.33. The summed E-state index contributed by atoms with van der Waals surface area (Å²) in [5.41, 5.74) is 9.22. The highest BCUT2D eigenvalue weighted by Crippen LogP contribution is 2.41. The van der Waals surface area contributed by atoms with Gasteiger partial charge in [0.15, 0.2) is 0 Å². The molecular formula is C11H16NOP. The minimum Gasteiger partial charge on any atom is -0.398 e. The molecule has 0 aromatic heterocycles. The van der Waals surface area contributed by atoms with Crippen molar-refractivity contribution in [2.24, 2.45) is 0 Å². The Hall–Kier alpha value is -0.750. The van der Waals surface area contributed by atoms with Crippen LogP contribution in [0.15, 0.2) is 12.1 Å². The molecule has 0 aliphatic heterocycles. The Bertz CT molecular complexity index is 420. The minimum absolute atomic E-state index is 0.707. The maximum atomic E-state index is 12.1. The van der Waals surface area contributed by atoms with Crippen LogP contribution in [0.4, 0.5) is 5.69 Å². The molecule has 1 aromatic carbocycles. The fraction of sp³-hybridized carbons (Fsp3) is 0.455. The number of benzene rings is 1. The molecule has 1 aromatic rings. The molecule has 0 bridgehead atoms. The smallest absolute Gasteiger partial charge is 0.112 e. The largest absolute Gasteiger partial charge is 0.398 e. The van der Waals surface area contributed by atoms with Crippen LogP contribution in [-0.2, 0) is 17.4 Å². The molecule has 1 aliphatic rings. The Morgan fingerprint density at radius 3 is 2.64 bits per heavy atom. The van der Waals surface area contributed by atoms with Gasteiger partial charge in [-0.15, -0.1) is 0 Å². The molecule has 0 atom stereocenters. The first-order chi connectivity index (χ1) is 6.50. The van der Waals surface area contributed by atoms with Crippen molar-refractivity contribution in [3.05, 3.63) is 23.3 Å². The van der Waals surface area contributed by atoms with Crippen LogP contribution in [-0.4, -0.2) is 13.3 Å². The standard InChI is InChI=1S/C11H16NOP/c1-14(2,13)11-9-5-3-4-8(9)6-7-10(11)12/h6-7H,3-5,12H2,1-2H3. The molecular weight excluding hydrogens is 193 g/mol. The van der Waals surface area contributed by atoms with Crippen molar-refractivity contribution >= 4 is 18.1 Å². The number of fused-ring (bicyclic) bond motifs is 1. The topological polar surface area (TPSA) is 43.1 Å². The van der Waals surface area contributed by atoms with E-state index in [1.54, 1.807) is 13.3 Å². The van der Waals surface area contributed by atoms with Crippen molar-refractivity contribution in [2.75, 3.05) is 19.1 Å². The molecule has 1 aliphatic carbocycles.